The first-order valence-corrected chi connectivity index (χ1v) is 7.89. The van der Waals surface area contributed by atoms with Crippen LogP contribution in [-0.2, 0) is 14.3 Å². The molecule has 0 fully saturated rings. The number of carbonyl (C=O) groups is 3. The van der Waals surface area contributed by atoms with Crippen molar-refractivity contribution in [1.82, 2.24) is 10.6 Å². The molecule has 0 aliphatic rings. The fraction of sp³-hybridized carbons (Fsp3) is 0.438. The number of halogens is 3. The molecule has 0 radical (unpaired) electrons. The number of ether oxygens (including phenoxy) is 3. The van der Waals surface area contributed by atoms with Crippen LogP contribution in [0.5, 0.6) is 5.75 Å². The van der Waals surface area contributed by atoms with Crippen molar-refractivity contribution in [1.29, 1.82) is 0 Å². The van der Waals surface area contributed by atoms with Crippen molar-refractivity contribution < 1.29 is 41.8 Å². The van der Waals surface area contributed by atoms with Gasteiger partial charge in [-0.1, -0.05) is 0 Å². The zero-order valence-electron chi connectivity index (χ0n) is 14.4. The minimum Gasteiger partial charge on any atom is -0.452 e. The van der Waals surface area contributed by atoms with Crippen molar-refractivity contribution in [2.75, 3.05) is 26.4 Å². The Bertz CT molecular complexity index is 634. The molecule has 3 amide bonds. The number of benzene rings is 1. The summed E-state index contributed by atoms with van der Waals surface area (Å²) in [5, 5.41) is 4.38. The average molecular weight is 392 g/mol. The number of nitrogens with one attached hydrogen (secondary N) is 2. The lowest BCUT2D eigenvalue weighted by molar-refractivity contribution is -0.274. The van der Waals surface area contributed by atoms with Crippen molar-refractivity contribution in [3.63, 3.8) is 0 Å². The predicted molar refractivity (Wildman–Crippen MR) is 86.1 cm³/mol. The second kappa shape index (κ2) is 11.0. The summed E-state index contributed by atoms with van der Waals surface area (Å²) in [6.07, 6.45) is -4.28. The maximum absolute atomic E-state index is 12.0. The van der Waals surface area contributed by atoms with E-state index in [4.69, 9.17) is 4.74 Å². The highest BCUT2D eigenvalue weighted by Crippen LogP contribution is 2.22. The fourth-order valence-electron chi connectivity index (χ4n) is 1.73. The molecule has 1 rings (SSSR count). The van der Waals surface area contributed by atoms with E-state index in [2.05, 4.69) is 14.8 Å². The summed E-state index contributed by atoms with van der Waals surface area (Å²) in [5.41, 5.74) is -0.0855. The SMILES string of the molecule is CCOCCCNC(=O)NC(=O)COC(=O)c1ccc(OC(F)(F)F)cc1. The van der Waals surface area contributed by atoms with Crippen LogP contribution >= 0.6 is 0 Å². The predicted octanol–water partition coefficient (Wildman–Crippen LogP) is 1.99. The minimum absolute atomic E-state index is 0.0855. The van der Waals surface area contributed by atoms with E-state index in [1.165, 1.54) is 0 Å². The van der Waals surface area contributed by atoms with Crippen LogP contribution in [0.3, 0.4) is 0 Å². The van der Waals surface area contributed by atoms with Gasteiger partial charge in [0.25, 0.3) is 5.91 Å². The largest absolute Gasteiger partial charge is 0.573 e. The van der Waals surface area contributed by atoms with Gasteiger partial charge in [0.1, 0.15) is 5.75 Å². The van der Waals surface area contributed by atoms with Crippen molar-refractivity contribution in [2.45, 2.75) is 19.7 Å². The highest BCUT2D eigenvalue weighted by atomic mass is 19.4. The van der Waals surface area contributed by atoms with Crippen LogP contribution in [0.1, 0.15) is 23.7 Å². The van der Waals surface area contributed by atoms with Crippen LogP contribution in [0.15, 0.2) is 24.3 Å². The maximum atomic E-state index is 12.0. The third kappa shape index (κ3) is 10.0. The Kier molecular flexibility index (Phi) is 9.06. The topological polar surface area (TPSA) is 103 Å². The number of hydrogen-bond acceptors (Lipinski definition) is 6. The van der Waals surface area contributed by atoms with Crippen molar-refractivity contribution in [2.24, 2.45) is 0 Å². The van der Waals surface area contributed by atoms with Gasteiger partial charge in [-0.05, 0) is 37.6 Å². The first kappa shape index (κ1) is 22.2. The summed E-state index contributed by atoms with van der Waals surface area (Å²) in [4.78, 5) is 34.7. The summed E-state index contributed by atoms with van der Waals surface area (Å²) in [7, 11) is 0. The molecular weight excluding hydrogens is 373 g/mol. The molecule has 1 aromatic carbocycles. The fourth-order valence-corrected chi connectivity index (χ4v) is 1.73. The van der Waals surface area contributed by atoms with Gasteiger partial charge >= 0.3 is 18.4 Å². The molecule has 0 saturated carbocycles. The van der Waals surface area contributed by atoms with E-state index in [0.29, 0.717) is 26.2 Å². The van der Waals surface area contributed by atoms with Gasteiger partial charge in [-0.3, -0.25) is 10.1 Å². The van der Waals surface area contributed by atoms with Gasteiger partial charge in [-0.15, -0.1) is 13.2 Å². The van der Waals surface area contributed by atoms with E-state index in [-0.39, 0.29) is 5.56 Å². The molecule has 2 N–H and O–H groups in total. The van der Waals surface area contributed by atoms with E-state index < -0.39 is 36.6 Å². The molecule has 150 valence electrons. The number of carbonyl (C=O) groups excluding carboxylic acids is 3. The van der Waals surface area contributed by atoms with E-state index in [1.807, 2.05) is 12.2 Å². The highest BCUT2D eigenvalue weighted by molar-refractivity contribution is 5.97. The zero-order chi connectivity index (χ0) is 20.3. The molecule has 8 nitrogen and oxygen atoms in total. The second-order valence-corrected chi connectivity index (χ2v) is 5.00. The first-order valence-electron chi connectivity index (χ1n) is 7.89. The van der Waals surface area contributed by atoms with Crippen LogP contribution in [0.4, 0.5) is 18.0 Å². The van der Waals surface area contributed by atoms with Gasteiger partial charge in [0, 0.05) is 19.8 Å². The summed E-state index contributed by atoms with van der Waals surface area (Å²) >= 11 is 0. The number of esters is 1. The Labute approximate surface area is 153 Å². The monoisotopic (exact) mass is 392 g/mol. The number of imide groups is 1. The Morgan fingerprint density at radius 3 is 2.37 bits per heavy atom. The van der Waals surface area contributed by atoms with Crippen LogP contribution in [0.25, 0.3) is 0 Å². The van der Waals surface area contributed by atoms with Gasteiger partial charge in [-0.2, -0.15) is 0 Å². The Hall–Kier alpha value is -2.82. The molecule has 0 aliphatic heterocycles. The molecule has 0 aromatic heterocycles. The summed E-state index contributed by atoms with van der Waals surface area (Å²) in [5.74, 6) is -2.30. The number of rotatable bonds is 9. The molecule has 1 aromatic rings. The smallest absolute Gasteiger partial charge is 0.452 e. The van der Waals surface area contributed by atoms with E-state index in [1.54, 1.807) is 0 Å². The molecule has 0 saturated heterocycles. The molecule has 0 aliphatic carbocycles. The minimum atomic E-state index is -4.84. The molecule has 0 heterocycles. The van der Waals surface area contributed by atoms with Gasteiger partial charge in [-0.25, -0.2) is 9.59 Å². The lowest BCUT2D eigenvalue weighted by Crippen LogP contribution is -2.41. The van der Waals surface area contributed by atoms with Crippen molar-refractivity contribution in [3.05, 3.63) is 29.8 Å². The Morgan fingerprint density at radius 2 is 1.78 bits per heavy atom. The number of urea groups is 1. The Balaban J connectivity index is 2.32. The van der Waals surface area contributed by atoms with Crippen LogP contribution < -0.4 is 15.4 Å². The van der Waals surface area contributed by atoms with Gasteiger partial charge < -0.3 is 19.5 Å². The van der Waals surface area contributed by atoms with Gasteiger partial charge in [0.15, 0.2) is 6.61 Å². The number of amides is 3. The molecule has 0 spiro atoms. The third-order valence-electron chi connectivity index (χ3n) is 2.87. The summed E-state index contributed by atoms with van der Waals surface area (Å²) in [6, 6.07) is 3.21. The molecule has 0 bridgehead atoms. The molecule has 0 unspecified atom stereocenters. The van der Waals surface area contributed by atoms with E-state index >= 15 is 0 Å². The van der Waals surface area contributed by atoms with Gasteiger partial charge in [0.05, 0.1) is 5.56 Å². The summed E-state index contributed by atoms with van der Waals surface area (Å²) < 4.78 is 49.6. The summed E-state index contributed by atoms with van der Waals surface area (Å²) in [6.45, 7) is 2.44. The molecular formula is C16H19F3N2O6. The first-order chi connectivity index (χ1) is 12.7. The zero-order valence-corrected chi connectivity index (χ0v) is 14.4. The Morgan fingerprint density at radius 1 is 1.11 bits per heavy atom. The number of hydrogen-bond donors (Lipinski definition) is 2. The average Bonchev–Trinajstić information content (AvgIpc) is 2.58. The standard InChI is InChI=1S/C16H19F3N2O6/c1-2-25-9-3-8-20-15(24)21-13(22)10-26-14(23)11-4-6-12(7-5-11)27-16(17,18)19/h4-7H,2-3,8-10H2,1H3,(H2,20,21,22,24). The van der Waals surface area contributed by atoms with Crippen LogP contribution in [0.2, 0.25) is 0 Å². The van der Waals surface area contributed by atoms with Gasteiger partial charge in [0.2, 0.25) is 0 Å². The quantitative estimate of drug-likeness (QED) is 0.492. The third-order valence-corrected chi connectivity index (χ3v) is 2.87. The van der Waals surface area contributed by atoms with Crippen molar-refractivity contribution in [3.8, 4) is 5.75 Å². The highest BCUT2D eigenvalue weighted by Gasteiger charge is 2.31. The van der Waals surface area contributed by atoms with E-state index in [0.717, 1.165) is 24.3 Å². The van der Waals surface area contributed by atoms with E-state index in [9.17, 15) is 27.6 Å². The van der Waals surface area contributed by atoms with Crippen LogP contribution in [0, 0.1) is 0 Å². The second-order valence-electron chi connectivity index (χ2n) is 5.00. The maximum Gasteiger partial charge on any atom is 0.573 e. The lowest BCUT2D eigenvalue weighted by atomic mass is 10.2. The molecule has 11 heteroatoms. The van der Waals surface area contributed by atoms with Crippen molar-refractivity contribution >= 4 is 17.9 Å². The van der Waals surface area contributed by atoms with Crippen LogP contribution in [-0.4, -0.2) is 50.6 Å². The molecule has 27 heavy (non-hydrogen) atoms. The lowest BCUT2D eigenvalue weighted by Gasteiger charge is -2.09. The molecule has 0 atom stereocenters. The normalized spacial score (nSPS) is 10.8. The number of alkyl halides is 3.